The fourth-order valence-electron chi connectivity index (χ4n) is 2.96. The van der Waals surface area contributed by atoms with Crippen molar-refractivity contribution in [3.63, 3.8) is 0 Å². The van der Waals surface area contributed by atoms with Gasteiger partial charge in [-0.15, -0.1) is 0 Å². The Bertz CT molecular complexity index is 418. The Morgan fingerprint density at radius 2 is 1.54 bits per heavy atom. The maximum atomic E-state index is 5.73. The van der Waals surface area contributed by atoms with E-state index in [1.54, 1.807) is 0 Å². The normalized spacial score (nSPS) is 15.7. The van der Waals surface area contributed by atoms with Crippen molar-refractivity contribution in [2.45, 2.75) is 45.1 Å². The molecule has 1 saturated heterocycles. The summed E-state index contributed by atoms with van der Waals surface area (Å²) >= 11 is 3.47. The minimum Gasteiger partial charge on any atom is -0.381 e. The number of morpholine rings is 1. The Morgan fingerprint density at radius 1 is 0.875 bits per heavy atom. The van der Waals surface area contributed by atoms with Crippen molar-refractivity contribution in [3.05, 3.63) is 35.4 Å². The molecule has 0 atom stereocenters. The molecule has 2 rings (SSSR count). The van der Waals surface area contributed by atoms with Crippen molar-refractivity contribution in [2.75, 3.05) is 44.8 Å². The van der Waals surface area contributed by atoms with Gasteiger partial charge in [0.1, 0.15) is 0 Å². The lowest BCUT2D eigenvalue weighted by Crippen LogP contribution is -2.35. The van der Waals surface area contributed by atoms with Gasteiger partial charge >= 0.3 is 0 Å². The Morgan fingerprint density at radius 3 is 2.29 bits per heavy atom. The van der Waals surface area contributed by atoms with Crippen molar-refractivity contribution >= 4 is 15.9 Å². The zero-order valence-corrected chi connectivity index (χ0v) is 16.4. The van der Waals surface area contributed by atoms with E-state index in [4.69, 9.17) is 9.47 Å². The summed E-state index contributed by atoms with van der Waals surface area (Å²) in [6, 6.07) is 9.09. The van der Waals surface area contributed by atoms with Crippen LogP contribution in [0.25, 0.3) is 0 Å². The minimum atomic E-state index is 0.870. The summed E-state index contributed by atoms with van der Waals surface area (Å²) in [6.45, 7) is 6.68. The van der Waals surface area contributed by atoms with E-state index in [1.165, 1.54) is 36.8 Å². The Labute approximate surface area is 155 Å². The molecule has 136 valence electrons. The average molecular weight is 398 g/mol. The maximum Gasteiger partial charge on any atom is 0.0594 e. The smallest absolute Gasteiger partial charge is 0.0594 e. The number of unbranched alkanes of at least 4 members (excludes halogenated alkanes) is 3. The van der Waals surface area contributed by atoms with E-state index in [-0.39, 0.29) is 0 Å². The molecule has 1 fully saturated rings. The first-order valence-corrected chi connectivity index (χ1v) is 10.5. The molecule has 1 aromatic carbocycles. The summed E-state index contributed by atoms with van der Waals surface area (Å²) in [6.07, 6.45) is 7.30. The van der Waals surface area contributed by atoms with Crippen LogP contribution >= 0.6 is 15.9 Å². The van der Waals surface area contributed by atoms with Crippen LogP contribution in [0.4, 0.5) is 0 Å². The highest BCUT2D eigenvalue weighted by Gasteiger charge is 2.10. The van der Waals surface area contributed by atoms with Gasteiger partial charge in [-0.1, -0.05) is 53.0 Å². The number of aryl methyl sites for hydroxylation is 1. The van der Waals surface area contributed by atoms with Gasteiger partial charge in [0.15, 0.2) is 0 Å². The van der Waals surface area contributed by atoms with E-state index in [1.807, 2.05) is 0 Å². The number of rotatable bonds is 12. The van der Waals surface area contributed by atoms with E-state index in [2.05, 4.69) is 45.1 Å². The van der Waals surface area contributed by atoms with E-state index >= 15 is 0 Å². The van der Waals surface area contributed by atoms with Crippen molar-refractivity contribution in [1.82, 2.24) is 4.90 Å². The molecule has 0 saturated carbocycles. The molecule has 0 aliphatic carbocycles. The number of hydrogen-bond acceptors (Lipinski definition) is 3. The van der Waals surface area contributed by atoms with Crippen LogP contribution in [0.3, 0.4) is 0 Å². The lowest BCUT2D eigenvalue weighted by Gasteiger charge is -2.26. The molecule has 0 N–H and O–H groups in total. The van der Waals surface area contributed by atoms with Crippen molar-refractivity contribution in [3.8, 4) is 0 Å². The van der Waals surface area contributed by atoms with E-state index < -0.39 is 0 Å². The van der Waals surface area contributed by atoms with Crippen LogP contribution in [0.5, 0.6) is 0 Å². The lowest BCUT2D eigenvalue weighted by atomic mass is 10.1. The van der Waals surface area contributed by atoms with Gasteiger partial charge in [0.25, 0.3) is 0 Å². The second-order valence-electron chi connectivity index (χ2n) is 6.52. The van der Waals surface area contributed by atoms with Crippen LogP contribution < -0.4 is 0 Å². The number of alkyl halides is 1. The summed E-state index contributed by atoms with van der Waals surface area (Å²) in [5.74, 6) is 0. The quantitative estimate of drug-likeness (QED) is 0.384. The number of halogens is 1. The molecule has 0 bridgehead atoms. The highest BCUT2D eigenvalue weighted by atomic mass is 79.9. The van der Waals surface area contributed by atoms with Crippen LogP contribution in [-0.2, 0) is 22.4 Å². The SMILES string of the molecule is BrCCCCCCOCCCc1ccc(CN2CCOCC2)cc1. The van der Waals surface area contributed by atoms with Gasteiger partial charge in [-0.25, -0.2) is 0 Å². The molecule has 1 heterocycles. The molecule has 1 aliphatic rings. The maximum absolute atomic E-state index is 5.73. The Hall–Kier alpha value is -0.420. The number of hydrogen-bond donors (Lipinski definition) is 0. The number of nitrogens with zero attached hydrogens (tertiary/aromatic N) is 1. The van der Waals surface area contributed by atoms with Crippen molar-refractivity contribution in [1.29, 1.82) is 0 Å². The molecule has 0 amide bonds. The third kappa shape index (κ3) is 8.61. The number of benzene rings is 1. The molecule has 0 spiro atoms. The van der Waals surface area contributed by atoms with Crippen LogP contribution in [0.1, 0.15) is 43.2 Å². The topological polar surface area (TPSA) is 21.7 Å². The van der Waals surface area contributed by atoms with Gasteiger partial charge in [-0.3, -0.25) is 4.90 Å². The van der Waals surface area contributed by atoms with Gasteiger partial charge in [0.2, 0.25) is 0 Å². The predicted molar refractivity (Wildman–Crippen MR) is 104 cm³/mol. The molecule has 0 radical (unpaired) electrons. The van der Waals surface area contributed by atoms with Crippen molar-refractivity contribution < 1.29 is 9.47 Å². The molecule has 0 aromatic heterocycles. The highest BCUT2D eigenvalue weighted by Crippen LogP contribution is 2.11. The first-order valence-electron chi connectivity index (χ1n) is 9.40. The summed E-state index contributed by atoms with van der Waals surface area (Å²) in [7, 11) is 0. The second kappa shape index (κ2) is 12.9. The number of ether oxygens (including phenoxy) is 2. The third-order valence-corrected chi connectivity index (χ3v) is 5.02. The van der Waals surface area contributed by atoms with Crippen LogP contribution in [0, 0.1) is 0 Å². The van der Waals surface area contributed by atoms with Crippen LogP contribution in [-0.4, -0.2) is 49.7 Å². The molecular weight excluding hydrogens is 366 g/mol. The zero-order chi connectivity index (χ0) is 16.9. The van der Waals surface area contributed by atoms with E-state index in [0.29, 0.717) is 0 Å². The monoisotopic (exact) mass is 397 g/mol. The van der Waals surface area contributed by atoms with Gasteiger partial charge in [-0.05, 0) is 36.8 Å². The molecule has 3 nitrogen and oxygen atoms in total. The molecule has 4 heteroatoms. The summed E-state index contributed by atoms with van der Waals surface area (Å²) < 4.78 is 11.1. The van der Waals surface area contributed by atoms with Gasteiger partial charge in [-0.2, -0.15) is 0 Å². The molecule has 0 unspecified atom stereocenters. The highest BCUT2D eigenvalue weighted by molar-refractivity contribution is 9.09. The van der Waals surface area contributed by atoms with Crippen LogP contribution in [0.2, 0.25) is 0 Å². The first kappa shape index (κ1) is 19.9. The Balaban J connectivity index is 1.52. The predicted octanol–water partition coefficient (Wildman–Crippen LogP) is 4.42. The Kier molecular flexibility index (Phi) is 10.7. The van der Waals surface area contributed by atoms with Crippen molar-refractivity contribution in [2.24, 2.45) is 0 Å². The molecule has 24 heavy (non-hydrogen) atoms. The molecular formula is C20H32BrNO2. The van der Waals surface area contributed by atoms with E-state index in [9.17, 15) is 0 Å². The summed E-state index contributed by atoms with van der Waals surface area (Å²) in [5.41, 5.74) is 2.82. The summed E-state index contributed by atoms with van der Waals surface area (Å²) in [4.78, 5) is 2.46. The van der Waals surface area contributed by atoms with Gasteiger partial charge in [0, 0.05) is 38.2 Å². The van der Waals surface area contributed by atoms with E-state index in [0.717, 1.165) is 64.2 Å². The average Bonchev–Trinajstić information content (AvgIpc) is 2.62. The zero-order valence-electron chi connectivity index (χ0n) is 14.9. The van der Waals surface area contributed by atoms with Crippen LogP contribution in [0.15, 0.2) is 24.3 Å². The van der Waals surface area contributed by atoms with Gasteiger partial charge < -0.3 is 9.47 Å². The summed E-state index contributed by atoms with van der Waals surface area (Å²) in [5, 5.41) is 1.12. The second-order valence-corrected chi connectivity index (χ2v) is 7.32. The fourth-order valence-corrected chi connectivity index (χ4v) is 3.36. The molecule has 1 aromatic rings. The van der Waals surface area contributed by atoms with Gasteiger partial charge in [0.05, 0.1) is 13.2 Å². The minimum absolute atomic E-state index is 0.870. The lowest BCUT2D eigenvalue weighted by molar-refractivity contribution is 0.0342. The standard InChI is InChI=1S/C20H32BrNO2/c21-11-3-1-2-4-14-23-15-5-6-19-7-9-20(10-8-19)18-22-12-16-24-17-13-22/h7-10H,1-6,11-18H2. The largest absolute Gasteiger partial charge is 0.381 e. The first-order chi connectivity index (χ1) is 11.9. The fraction of sp³-hybridized carbons (Fsp3) is 0.700. The molecule has 1 aliphatic heterocycles. The third-order valence-electron chi connectivity index (χ3n) is 4.46.